The summed E-state index contributed by atoms with van der Waals surface area (Å²) in [7, 11) is 0. The van der Waals surface area contributed by atoms with Gasteiger partial charge in [0.05, 0.1) is 11.4 Å². The lowest BCUT2D eigenvalue weighted by Crippen LogP contribution is -2.15. The molecule has 0 aliphatic rings. The average molecular weight is 348 g/mol. The maximum absolute atomic E-state index is 12.6. The van der Waals surface area contributed by atoms with Crippen LogP contribution in [0, 0.1) is 20.8 Å². The molecule has 0 atom stereocenters. The molecule has 134 valence electrons. The number of rotatable bonds is 4. The zero-order valence-electron chi connectivity index (χ0n) is 15.9. The molecule has 3 aromatic rings. The van der Waals surface area contributed by atoms with Crippen molar-refractivity contribution in [1.29, 1.82) is 0 Å². The zero-order chi connectivity index (χ0) is 18.8. The Morgan fingerprint density at radius 1 is 1.04 bits per heavy atom. The van der Waals surface area contributed by atoms with Crippen LogP contribution in [-0.2, 0) is 0 Å². The lowest BCUT2D eigenvalue weighted by atomic mass is 10.0. The summed E-state index contributed by atoms with van der Waals surface area (Å²) in [5.41, 5.74) is 6.17. The standard InChI is InChI=1S/C21H24N4O/c1-13(2)17-7-9-18(10-8-17)25-16(5)20(23-24-25)21(26)22-19-11-6-14(3)12-15(19)4/h6-13H,1-5H3,(H,22,26). The van der Waals surface area contributed by atoms with Gasteiger partial charge >= 0.3 is 0 Å². The largest absolute Gasteiger partial charge is 0.320 e. The molecule has 26 heavy (non-hydrogen) atoms. The zero-order valence-corrected chi connectivity index (χ0v) is 15.9. The van der Waals surface area contributed by atoms with E-state index in [0.29, 0.717) is 17.3 Å². The topological polar surface area (TPSA) is 59.8 Å². The summed E-state index contributed by atoms with van der Waals surface area (Å²) in [5.74, 6) is 0.222. The minimum atomic E-state index is -0.250. The third kappa shape index (κ3) is 3.52. The molecule has 1 N–H and O–H groups in total. The van der Waals surface area contributed by atoms with Crippen LogP contribution in [0.25, 0.3) is 5.69 Å². The Labute approximate surface area is 154 Å². The molecule has 0 spiro atoms. The summed E-state index contributed by atoms with van der Waals surface area (Å²) in [4.78, 5) is 12.6. The fraction of sp³-hybridized carbons (Fsp3) is 0.286. The van der Waals surface area contributed by atoms with E-state index in [0.717, 1.165) is 22.5 Å². The van der Waals surface area contributed by atoms with E-state index in [1.54, 1.807) is 4.68 Å². The van der Waals surface area contributed by atoms with Crippen LogP contribution in [0.4, 0.5) is 5.69 Å². The summed E-state index contributed by atoms with van der Waals surface area (Å²) in [6.45, 7) is 10.2. The van der Waals surface area contributed by atoms with Gasteiger partial charge in [0, 0.05) is 5.69 Å². The number of hydrogen-bond acceptors (Lipinski definition) is 3. The second kappa shape index (κ2) is 7.12. The highest BCUT2D eigenvalue weighted by molar-refractivity contribution is 6.04. The lowest BCUT2D eigenvalue weighted by molar-refractivity contribution is 0.102. The second-order valence-electron chi connectivity index (χ2n) is 6.95. The van der Waals surface area contributed by atoms with Crippen LogP contribution in [0.3, 0.4) is 0 Å². The van der Waals surface area contributed by atoms with Crippen molar-refractivity contribution in [2.75, 3.05) is 5.32 Å². The van der Waals surface area contributed by atoms with Crippen molar-refractivity contribution in [3.63, 3.8) is 0 Å². The molecule has 5 heteroatoms. The fourth-order valence-electron chi connectivity index (χ4n) is 2.92. The van der Waals surface area contributed by atoms with Crippen LogP contribution in [0.2, 0.25) is 0 Å². The monoisotopic (exact) mass is 348 g/mol. The number of carbonyl (C=O) groups is 1. The van der Waals surface area contributed by atoms with Crippen molar-refractivity contribution in [2.24, 2.45) is 0 Å². The SMILES string of the molecule is Cc1ccc(NC(=O)c2nnn(-c3ccc(C(C)C)cc3)c2C)c(C)c1. The summed E-state index contributed by atoms with van der Waals surface area (Å²) in [5, 5.41) is 11.2. The summed E-state index contributed by atoms with van der Waals surface area (Å²) in [6, 6.07) is 14.1. The first-order valence-electron chi connectivity index (χ1n) is 8.78. The Balaban J connectivity index is 1.85. The van der Waals surface area contributed by atoms with Crippen LogP contribution in [0.5, 0.6) is 0 Å². The van der Waals surface area contributed by atoms with Gasteiger partial charge in [0.25, 0.3) is 5.91 Å². The maximum Gasteiger partial charge on any atom is 0.278 e. The van der Waals surface area contributed by atoms with Crippen LogP contribution < -0.4 is 5.32 Å². The lowest BCUT2D eigenvalue weighted by Gasteiger charge is -2.09. The van der Waals surface area contributed by atoms with E-state index in [1.807, 2.05) is 51.1 Å². The normalized spacial score (nSPS) is 11.0. The van der Waals surface area contributed by atoms with Crippen molar-refractivity contribution in [1.82, 2.24) is 15.0 Å². The van der Waals surface area contributed by atoms with Gasteiger partial charge in [-0.2, -0.15) is 0 Å². The molecule has 2 aromatic carbocycles. The first-order chi connectivity index (χ1) is 12.4. The first-order valence-corrected chi connectivity index (χ1v) is 8.78. The first kappa shape index (κ1) is 17.9. The molecule has 0 radical (unpaired) electrons. The molecule has 3 rings (SSSR count). The van der Waals surface area contributed by atoms with Crippen molar-refractivity contribution >= 4 is 11.6 Å². The molecule has 1 amide bonds. The van der Waals surface area contributed by atoms with E-state index < -0.39 is 0 Å². The Bertz CT molecular complexity index is 939. The molecule has 1 aromatic heterocycles. The van der Waals surface area contributed by atoms with Crippen LogP contribution in [-0.4, -0.2) is 20.9 Å². The molecule has 1 heterocycles. The number of hydrogen-bond donors (Lipinski definition) is 1. The molecule has 0 saturated carbocycles. The maximum atomic E-state index is 12.6. The Kier molecular flexibility index (Phi) is 4.89. The second-order valence-corrected chi connectivity index (χ2v) is 6.95. The molecule has 0 aliphatic heterocycles. The third-order valence-electron chi connectivity index (χ3n) is 4.54. The van der Waals surface area contributed by atoms with Gasteiger partial charge in [0.15, 0.2) is 5.69 Å². The number of anilines is 1. The van der Waals surface area contributed by atoms with Crippen LogP contribution >= 0.6 is 0 Å². The van der Waals surface area contributed by atoms with Gasteiger partial charge in [0.2, 0.25) is 0 Å². The molecule has 0 unspecified atom stereocenters. The van der Waals surface area contributed by atoms with Crippen molar-refractivity contribution in [2.45, 2.75) is 40.5 Å². The Hall–Kier alpha value is -2.95. The molecular weight excluding hydrogens is 324 g/mol. The van der Waals surface area contributed by atoms with E-state index >= 15 is 0 Å². The summed E-state index contributed by atoms with van der Waals surface area (Å²) < 4.78 is 1.70. The Morgan fingerprint density at radius 3 is 2.35 bits per heavy atom. The van der Waals surface area contributed by atoms with E-state index in [-0.39, 0.29) is 5.91 Å². The molecule has 0 fully saturated rings. The number of benzene rings is 2. The van der Waals surface area contributed by atoms with E-state index in [1.165, 1.54) is 5.56 Å². The van der Waals surface area contributed by atoms with Gasteiger partial charge in [-0.1, -0.05) is 48.9 Å². The van der Waals surface area contributed by atoms with Gasteiger partial charge < -0.3 is 5.32 Å². The molecule has 5 nitrogen and oxygen atoms in total. The number of aromatic nitrogens is 3. The summed E-state index contributed by atoms with van der Waals surface area (Å²) >= 11 is 0. The summed E-state index contributed by atoms with van der Waals surface area (Å²) in [6.07, 6.45) is 0. The van der Waals surface area contributed by atoms with Crippen LogP contribution in [0.15, 0.2) is 42.5 Å². The minimum absolute atomic E-state index is 0.250. The fourth-order valence-corrected chi connectivity index (χ4v) is 2.92. The van der Waals surface area contributed by atoms with Gasteiger partial charge in [-0.3, -0.25) is 4.79 Å². The number of carbonyl (C=O) groups excluding carboxylic acids is 1. The predicted molar refractivity (Wildman–Crippen MR) is 104 cm³/mol. The average Bonchev–Trinajstić information content (AvgIpc) is 2.99. The Morgan fingerprint density at radius 2 is 1.73 bits per heavy atom. The highest BCUT2D eigenvalue weighted by Gasteiger charge is 2.18. The molecular formula is C21H24N4O. The van der Waals surface area contributed by atoms with Crippen LogP contribution in [0.1, 0.15) is 52.6 Å². The van der Waals surface area contributed by atoms with Gasteiger partial charge in [-0.15, -0.1) is 5.10 Å². The molecule has 0 bridgehead atoms. The number of nitrogens with zero attached hydrogens (tertiary/aromatic N) is 3. The van der Waals surface area contributed by atoms with Gasteiger partial charge in [0.1, 0.15) is 0 Å². The smallest absolute Gasteiger partial charge is 0.278 e. The van der Waals surface area contributed by atoms with E-state index in [9.17, 15) is 4.79 Å². The van der Waals surface area contributed by atoms with Gasteiger partial charge in [-0.25, -0.2) is 4.68 Å². The minimum Gasteiger partial charge on any atom is -0.320 e. The number of aryl methyl sites for hydroxylation is 2. The van der Waals surface area contributed by atoms with E-state index in [2.05, 4.69) is 41.6 Å². The predicted octanol–water partition coefficient (Wildman–Crippen LogP) is 4.57. The number of nitrogens with one attached hydrogen (secondary N) is 1. The van der Waals surface area contributed by atoms with Crippen molar-refractivity contribution in [3.05, 3.63) is 70.5 Å². The number of amides is 1. The van der Waals surface area contributed by atoms with Crippen molar-refractivity contribution < 1.29 is 4.79 Å². The van der Waals surface area contributed by atoms with Crippen molar-refractivity contribution in [3.8, 4) is 5.69 Å². The quantitative estimate of drug-likeness (QED) is 0.751. The van der Waals surface area contributed by atoms with E-state index in [4.69, 9.17) is 0 Å². The third-order valence-corrected chi connectivity index (χ3v) is 4.54. The molecule has 0 aliphatic carbocycles. The highest BCUT2D eigenvalue weighted by Crippen LogP contribution is 2.20. The van der Waals surface area contributed by atoms with Gasteiger partial charge in [-0.05, 0) is 56.0 Å². The molecule has 0 saturated heterocycles. The highest BCUT2D eigenvalue weighted by atomic mass is 16.2.